The Labute approximate surface area is 196 Å². The molecule has 164 valence electrons. The summed E-state index contributed by atoms with van der Waals surface area (Å²) in [5.41, 5.74) is 3.34. The molecular weight excluding hydrogens is 459 g/mol. The fraction of sp³-hybridized carbons (Fsp3) is 0.348. The molecular formula is C23H23Cl3N2O3. The number of fused-ring (bicyclic) bond motifs is 3. The lowest BCUT2D eigenvalue weighted by atomic mass is 9.92. The predicted octanol–water partition coefficient (Wildman–Crippen LogP) is 6.50. The van der Waals surface area contributed by atoms with Gasteiger partial charge in [0.15, 0.2) is 5.56 Å². The van der Waals surface area contributed by atoms with Gasteiger partial charge in [0.1, 0.15) is 11.8 Å². The number of H-pyrrole nitrogens is 1. The van der Waals surface area contributed by atoms with Crippen molar-refractivity contribution in [3.8, 4) is 5.75 Å². The average Bonchev–Trinajstić information content (AvgIpc) is 3.11. The van der Waals surface area contributed by atoms with Crippen molar-refractivity contribution in [3.05, 3.63) is 64.3 Å². The Morgan fingerprint density at radius 3 is 2.74 bits per heavy atom. The van der Waals surface area contributed by atoms with Crippen molar-refractivity contribution >= 4 is 51.8 Å². The van der Waals surface area contributed by atoms with E-state index in [1.165, 1.54) is 0 Å². The Bertz CT molecular complexity index is 1070. The monoisotopic (exact) mass is 480 g/mol. The minimum absolute atomic E-state index is 0.338. The third kappa shape index (κ3) is 4.74. The lowest BCUT2D eigenvalue weighted by molar-refractivity contribution is 0.0828. The summed E-state index contributed by atoms with van der Waals surface area (Å²) in [6.45, 7) is 2.70. The molecule has 2 atom stereocenters. The number of amides is 1. The number of nitrogens with one attached hydrogen (secondary N) is 1. The van der Waals surface area contributed by atoms with Gasteiger partial charge >= 0.3 is 6.09 Å². The first-order valence-electron chi connectivity index (χ1n) is 10.2. The van der Waals surface area contributed by atoms with E-state index in [4.69, 9.17) is 44.3 Å². The fourth-order valence-electron chi connectivity index (χ4n) is 4.00. The third-order valence-corrected chi connectivity index (χ3v) is 5.92. The molecule has 1 aromatic heterocycles. The standard InChI is InChI=1S/C23H23Cl3N2O3/c1-14(25)31-23(29)28-11-9-18-19-13-16(26)5-8-20(19)27-21(18)22(28)15-3-6-17(7-4-15)30-12-2-10-24/h3-8,13-14,22,27H,2,9-12H2,1H3. The quantitative estimate of drug-likeness (QED) is 0.323. The van der Waals surface area contributed by atoms with E-state index in [0.29, 0.717) is 30.5 Å². The molecule has 0 bridgehead atoms. The summed E-state index contributed by atoms with van der Waals surface area (Å²) in [4.78, 5) is 18.1. The molecule has 1 aliphatic heterocycles. The van der Waals surface area contributed by atoms with E-state index in [-0.39, 0.29) is 6.04 Å². The van der Waals surface area contributed by atoms with Crippen LogP contribution in [0, 0.1) is 0 Å². The van der Waals surface area contributed by atoms with Gasteiger partial charge in [-0.2, -0.15) is 0 Å². The van der Waals surface area contributed by atoms with E-state index in [2.05, 4.69) is 4.98 Å². The zero-order chi connectivity index (χ0) is 22.0. The van der Waals surface area contributed by atoms with Gasteiger partial charge in [0, 0.05) is 34.0 Å². The highest BCUT2D eigenvalue weighted by molar-refractivity contribution is 6.31. The normalized spacial score (nSPS) is 16.8. The van der Waals surface area contributed by atoms with Crippen LogP contribution in [0.1, 0.15) is 36.2 Å². The van der Waals surface area contributed by atoms with Gasteiger partial charge in [-0.05, 0) is 61.2 Å². The van der Waals surface area contributed by atoms with E-state index in [1.807, 2.05) is 42.5 Å². The summed E-state index contributed by atoms with van der Waals surface area (Å²) >= 11 is 17.9. The molecule has 2 heterocycles. The van der Waals surface area contributed by atoms with E-state index in [0.717, 1.165) is 39.9 Å². The summed E-state index contributed by atoms with van der Waals surface area (Å²) in [5, 5.41) is 1.76. The smallest absolute Gasteiger partial charge is 0.412 e. The number of carbonyl (C=O) groups is 1. The van der Waals surface area contributed by atoms with Crippen LogP contribution in [0.2, 0.25) is 5.02 Å². The lowest BCUT2D eigenvalue weighted by Crippen LogP contribution is -2.41. The number of aromatic amines is 1. The van der Waals surface area contributed by atoms with Crippen LogP contribution >= 0.6 is 34.8 Å². The van der Waals surface area contributed by atoms with Crippen LogP contribution < -0.4 is 4.74 Å². The van der Waals surface area contributed by atoms with Crippen molar-refractivity contribution < 1.29 is 14.3 Å². The SMILES string of the molecule is CC(Cl)OC(=O)N1CCc2c([nH]c3ccc(Cl)cc23)C1c1ccc(OCCCCl)cc1. The first kappa shape index (κ1) is 22.1. The highest BCUT2D eigenvalue weighted by Gasteiger charge is 2.36. The largest absolute Gasteiger partial charge is 0.494 e. The topological polar surface area (TPSA) is 54.6 Å². The van der Waals surface area contributed by atoms with Crippen LogP contribution in [0.4, 0.5) is 4.79 Å². The second kappa shape index (κ2) is 9.60. The molecule has 3 aromatic rings. The fourth-order valence-corrected chi connectivity index (χ4v) is 4.36. The third-order valence-electron chi connectivity index (χ3n) is 5.33. The zero-order valence-electron chi connectivity index (χ0n) is 17.0. The van der Waals surface area contributed by atoms with Gasteiger partial charge in [0.2, 0.25) is 0 Å². The number of benzene rings is 2. The van der Waals surface area contributed by atoms with Gasteiger partial charge in [-0.1, -0.05) is 35.3 Å². The molecule has 0 aliphatic carbocycles. The molecule has 31 heavy (non-hydrogen) atoms. The van der Waals surface area contributed by atoms with E-state index in [9.17, 15) is 4.79 Å². The van der Waals surface area contributed by atoms with Crippen LogP contribution in [-0.2, 0) is 11.2 Å². The van der Waals surface area contributed by atoms with Crippen LogP contribution in [0.25, 0.3) is 10.9 Å². The minimum atomic E-state index is -0.714. The summed E-state index contributed by atoms with van der Waals surface area (Å²) in [6, 6.07) is 13.2. The summed E-state index contributed by atoms with van der Waals surface area (Å²) in [7, 11) is 0. The molecule has 0 saturated carbocycles. The van der Waals surface area contributed by atoms with E-state index >= 15 is 0 Å². The van der Waals surface area contributed by atoms with Gasteiger partial charge in [0.05, 0.1) is 6.61 Å². The first-order chi connectivity index (χ1) is 15.0. The highest BCUT2D eigenvalue weighted by Crippen LogP contribution is 2.40. The second-order valence-electron chi connectivity index (χ2n) is 7.44. The number of halogens is 3. The summed E-state index contributed by atoms with van der Waals surface area (Å²) in [5.74, 6) is 1.32. The number of hydrogen-bond donors (Lipinski definition) is 1. The Balaban J connectivity index is 1.73. The van der Waals surface area contributed by atoms with Crippen molar-refractivity contribution in [2.75, 3.05) is 19.0 Å². The maximum absolute atomic E-state index is 12.9. The molecule has 0 saturated heterocycles. The first-order valence-corrected chi connectivity index (χ1v) is 11.5. The molecule has 4 rings (SSSR count). The number of alkyl halides is 2. The highest BCUT2D eigenvalue weighted by atomic mass is 35.5. The number of aromatic nitrogens is 1. The van der Waals surface area contributed by atoms with Crippen molar-refractivity contribution in [1.29, 1.82) is 0 Å². The Morgan fingerprint density at radius 1 is 1.26 bits per heavy atom. The maximum Gasteiger partial charge on any atom is 0.412 e. The van der Waals surface area contributed by atoms with Gasteiger partial charge in [-0.3, -0.25) is 4.90 Å². The predicted molar refractivity (Wildman–Crippen MR) is 125 cm³/mol. The zero-order valence-corrected chi connectivity index (χ0v) is 19.3. The van der Waals surface area contributed by atoms with Crippen LogP contribution in [0.5, 0.6) is 5.75 Å². The van der Waals surface area contributed by atoms with Crippen LogP contribution in [0.15, 0.2) is 42.5 Å². The number of nitrogens with zero attached hydrogens (tertiary/aromatic N) is 1. The number of carbonyl (C=O) groups excluding carboxylic acids is 1. The molecule has 0 fully saturated rings. The molecule has 5 nitrogen and oxygen atoms in total. The van der Waals surface area contributed by atoms with Crippen molar-refractivity contribution in [2.24, 2.45) is 0 Å². The van der Waals surface area contributed by atoms with Crippen LogP contribution in [0.3, 0.4) is 0 Å². The molecule has 1 N–H and O–H groups in total. The second-order valence-corrected chi connectivity index (χ2v) is 8.87. The van der Waals surface area contributed by atoms with Gasteiger partial charge in [0.25, 0.3) is 0 Å². The van der Waals surface area contributed by atoms with Gasteiger partial charge < -0.3 is 14.5 Å². The molecule has 0 spiro atoms. The summed E-state index contributed by atoms with van der Waals surface area (Å²) < 4.78 is 11.0. The number of hydrogen-bond acceptors (Lipinski definition) is 3. The Morgan fingerprint density at radius 2 is 2.03 bits per heavy atom. The Kier molecular flexibility index (Phi) is 6.85. The molecule has 1 aliphatic rings. The maximum atomic E-state index is 12.9. The average molecular weight is 482 g/mol. The van der Waals surface area contributed by atoms with Gasteiger partial charge in [-0.15, -0.1) is 11.6 Å². The summed E-state index contributed by atoms with van der Waals surface area (Å²) in [6.07, 6.45) is 1.03. The molecule has 0 radical (unpaired) electrons. The minimum Gasteiger partial charge on any atom is -0.494 e. The van der Waals surface area contributed by atoms with Crippen molar-refractivity contribution in [2.45, 2.75) is 31.4 Å². The lowest BCUT2D eigenvalue weighted by Gasteiger charge is -2.35. The van der Waals surface area contributed by atoms with Crippen molar-refractivity contribution in [3.63, 3.8) is 0 Å². The molecule has 2 aromatic carbocycles. The number of ether oxygens (including phenoxy) is 2. The van der Waals surface area contributed by atoms with Crippen LogP contribution in [-0.4, -0.2) is 40.6 Å². The van der Waals surface area contributed by atoms with E-state index < -0.39 is 11.7 Å². The molecule has 8 heteroatoms. The van der Waals surface area contributed by atoms with Crippen molar-refractivity contribution in [1.82, 2.24) is 9.88 Å². The van der Waals surface area contributed by atoms with Gasteiger partial charge in [-0.25, -0.2) is 4.79 Å². The molecule has 2 unspecified atom stereocenters. The van der Waals surface area contributed by atoms with E-state index in [1.54, 1.807) is 11.8 Å². The Hall–Kier alpha value is -2.08. The molecule has 1 amide bonds. The number of rotatable bonds is 6.